The third kappa shape index (κ3) is 16.3. The van der Waals surface area contributed by atoms with Crippen molar-refractivity contribution < 1.29 is 10.2 Å². The van der Waals surface area contributed by atoms with Gasteiger partial charge in [-0.15, -0.1) is 0 Å². The molecule has 0 aliphatic rings. The van der Waals surface area contributed by atoms with Gasteiger partial charge in [0.15, 0.2) is 0 Å². The van der Waals surface area contributed by atoms with E-state index < -0.39 is 0 Å². The van der Waals surface area contributed by atoms with Crippen LogP contribution in [0.25, 0.3) is 0 Å². The predicted octanol–water partition coefficient (Wildman–Crippen LogP) is 5.99. The van der Waals surface area contributed by atoms with Crippen LogP contribution in [0.2, 0.25) is 0 Å². The molecule has 22 heavy (non-hydrogen) atoms. The monoisotopic (exact) mass is 314 g/mol. The van der Waals surface area contributed by atoms with Gasteiger partial charge in [0.05, 0.1) is 12.2 Å². The molecule has 0 bridgehead atoms. The van der Waals surface area contributed by atoms with E-state index >= 15 is 0 Å². The average molecular weight is 315 g/mol. The van der Waals surface area contributed by atoms with Crippen molar-refractivity contribution in [3.8, 4) is 0 Å². The third-order valence-corrected chi connectivity index (χ3v) is 4.61. The SMILES string of the molecule is CCCCCCCCCC(O)CCCC(O)CCCCCC. The van der Waals surface area contributed by atoms with Gasteiger partial charge in [-0.05, 0) is 32.1 Å². The van der Waals surface area contributed by atoms with Gasteiger partial charge in [-0.25, -0.2) is 0 Å². The fourth-order valence-corrected chi connectivity index (χ4v) is 3.02. The van der Waals surface area contributed by atoms with E-state index in [1.54, 1.807) is 0 Å². The van der Waals surface area contributed by atoms with Crippen molar-refractivity contribution in [2.24, 2.45) is 0 Å². The van der Waals surface area contributed by atoms with Crippen LogP contribution in [0, 0.1) is 0 Å². The van der Waals surface area contributed by atoms with Crippen molar-refractivity contribution in [2.75, 3.05) is 0 Å². The molecule has 0 aromatic rings. The minimum atomic E-state index is -0.150. The quantitative estimate of drug-likeness (QED) is 0.324. The molecular formula is C20H42O2. The van der Waals surface area contributed by atoms with E-state index in [-0.39, 0.29) is 12.2 Å². The molecular weight excluding hydrogens is 272 g/mol. The van der Waals surface area contributed by atoms with Gasteiger partial charge in [0.25, 0.3) is 0 Å². The first-order valence-corrected chi connectivity index (χ1v) is 10.1. The van der Waals surface area contributed by atoms with Crippen molar-refractivity contribution in [1.82, 2.24) is 0 Å². The summed E-state index contributed by atoms with van der Waals surface area (Å²) in [5, 5.41) is 19.9. The summed E-state index contributed by atoms with van der Waals surface area (Å²) < 4.78 is 0. The molecule has 0 aliphatic carbocycles. The highest BCUT2D eigenvalue weighted by Gasteiger charge is 2.07. The van der Waals surface area contributed by atoms with Crippen LogP contribution in [-0.2, 0) is 0 Å². The summed E-state index contributed by atoms with van der Waals surface area (Å²) in [7, 11) is 0. The highest BCUT2D eigenvalue weighted by Crippen LogP contribution is 2.15. The number of aliphatic hydroxyl groups is 2. The van der Waals surface area contributed by atoms with Crippen LogP contribution in [0.1, 0.15) is 117 Å². The molecule has 0 spiro atoms. The standard InChI is InChI=1S/C20H42O2/c1-3-5-7-9-10-11-13-16-20(22)18-14-17-19(21)15-12-8-6-4-2/h19-22H,3-18H2,1-2H3. The lowest BCUT2D eigenvalue weighted by molar-refractivity contribution is 0.121. The van der Waals surface area contributed by atoms with E-state index in [0.29, 0.717) is 0 Å². The van der Waals surface area contributed by atoms with Gasteiger partial charge in [-0.3, -0.25) is 0 Å². The zero-order valence-corrected chi connectivity index (χ0v) is 15.4. The zero-order valence-electron chi connectivity index (χ0n) is 15.4. The van der Waals surface area contributed by atoms with E-state index in [2.05, 4.69) is 13.8 Å². The molecule has 134 valence electrons. The average Bonchev–Trinajstić information content (AvgIpc) is 2.51. The number of unbranched alkanes of at least 4 members (excludes halogenated alkanes) is 9. The van der Waals surface area contributed by atoms with Crippen molar-refractivity contribution in [3.63, 3.8) is 0 Å². The van der Waals surface area contributed by atoms with E-state index in [1.807, 2.05) is 0 Å². The lowest BCUT2D eigenvalue weighted by Crippen LogP contribution is -2.10. The Morgan fingerprint density at radius 3 is 1.23 bits per heavy atom. The molecule has 0 saturated heterocycles. The second kappa shape index (κ2) is 17.3. The Bertz CT molecular complexity index is 206. The molecule has 0 heterocycles. The second-order valence-corrected chi connectivity index (χ2v) is 7.00. The largest absolute Gasteiger partial charge is 0.393 e. The van der Waals surface area contributed by atoms with E-state index in [0.717, 1.165) is 44.9 Å². The first-order valence-electron chi connectivity index (χ1n) is 10.1. The number of aliphatic hydroxyl groups excluding tert-OH is 2. The minimum absolute atomic E-state index is 0.150. The van der Waals surface area contributed by atoms with Crippen LogP contribution in [0.4, 0.5) is 0 Å². The molecule has 2 unspecified atom stereocenters. The molecule has 0 amide bonds. The number of hydrogen-bond donors (Lipinski definition) is 2. The Morgan fingerprint density at radius 1 is 0.455 bits per heavy atom. The van der Waals surface area contributed by atoms with Gasteiger partial charge in [0.2, 0.25) is 0 Å². The van der Waals surface area contributed by atoms with Crippen LogP contribution in [-0.4, -0.2) is 22.4 Å². The van der Waals surface area contributed by atoms with E-state index in [4.69, 9.17) is 0 Å². The van der Waals surface area contributed by atoms with E-state index in [9.17, 15) is 10.2 Å². The van der Waals surface area contributed by atoms with Crippen LogP contribution in [0.5, 0.6) is 0 Å². The van der Waals surface area contributed by atoms with Crippen molar-refractivity contribution in [3.05, 3.63) is 0 Å². The lowest BCUT2D eigenvalue weighted by Gasteiger charge is -2.13. The molecule has 0 radical (unpaired) electrons. The third-order valence-electron chi connectivity index (χ3n) is 4.61. The Hall–Kier alpha value is -0.0800. The van der Waals surface area contributed by atoms with Gasteiger partial charge < -0.3 is 10.2 Å². The summed E-state index contributed by atoms with van der Waals surface area (Å²) in [5.74, 6) is 0. The summed E-state index contributed by atoms with van der Waals surface area (Å²) in [4.78, 5) is 0. The summed E-state index contributed by atoms with van der Waals surface area (Å²) in [6.07, 6.45) is 18.3. The molecule has 0 rings (SSSR count). The van der Waals surface area contributed by atoms with Crippen LogP contribution >= 0.6 is 0 Å². The number of hydrogen-bond acceptors (Lipinski definition) is 2. The Kier molecular flexibility index (Phi) is 17.2. The van der Waals surface area contributed by atoms with Gasteiger partial charge in [0.1, 0.15) is 0 Å². The predicted molar refractivity (Wildman–Crippen MR) is 97.2 cm³/mol. The molecule has 2 heteroatoms. The second-order valence-electron chi connectivity index (χ2n) is 7.00. The Morgan fingerprint density at radius 2 is 0.773 bits per heavy atom. The molecule has 2 N–H and O–H groups in total. The highest BCUT2D eigenvalue weighted by molar-refractivity contribution is 4.61. The summed E-state index contributed by atoms with van der Waals surface area (Å²) in [6.45, 7) is 4.46. The molecule has 2 atom stereocenters. The minimum Gasteiger partial charge on any atom is -0.393 e. The number of rotatable bonds is 17. The van der Waals surface area contributed by atoms with Crippen LogP contribution in [0.15, 0.2) is 0 Å². The first kappa shape index (κ1) is 21.9. The van der Waals surface area contributed by atoms with Gasteiger partial charge in [0, 0.05) is 0 Å². The maximum Gasteiger partial charge on any atom is 0.0540 e. The first-order chi connectivity index (χ1) is 10.7. The molecule has 2 nitrogen and oxygen atoms in total. The molecule has 0 aromatic heterocycles. The summed E-state index contributed by atoms with van der Waals surface area (Å²) >= 11 is 0. The van der Waals surface area contributed by atoms with Gasteiger partial charge in [-0.1, -0.05) is 84.5 Å². The zero-order chi connectivity index (χ0) is 16.5. The Balaban J connectivity index is 3.29. The normalized spacial score (nSPS) is 14.2. The van der Waals surface area contributed by atoms with Gasteiger partial charge >= 0.3 is 0 Å². The summed E-state index contributed by atoms with van der Waals surface area (Å²) in [6, 6.07) is 0. The molecule has 0 saturated carbocycles. The molecule has 0 aliphatic heterocycles. The Labute approximate surface area is 139 Å². The smallest absolute Gasteiger partial charge is 0.0540 e. The van der Waals surface area contributed by atoms with Gasteiger partial charge in [-0.2, -0.15) is 0 Å². The maximum absolute atomic E-state index is 9.97. The fraction of sp³-hybridized carbons (Fsp3) is 1.00. The van der Waals surface area contributed by atoms with Crippen LogP contribution < -0.4 is 0 Å². The molecule has 0 aromatic carbocycles. The highest BCUT2D eigenvalue weighted by atomic mass is 16.3. The van der Waals surface area contributed by atoms with Crippen LogP contribution in [0.3, 0.4) is 0 Å². The van der Waals surface area contributed by atoms with Crippen molar-refractivity contribution in [2.45, 2.75) is 129 Å². The fourth-order valence-electron chi connectivity index (χ4n) is 3.02. The lowest BCUT2D eigenvalue weighted by atomic mass is 10.0. The topological polar surface area (TPSA) is 40.5 Å². The maximum atomic E-state index is 9.97. The summed E-state index contributed by atoms with van der Waals surface area (Å²) in [5.41, 5.74) is 0. The van der Waals surface area contributed by atoms with E-state index in [1.165, 1.54) is 57.8 Å². The van der Waals surface area contributed by atoms with Crippen molar-refractivity contribution >= 4 is 0 Å². The van der Waals surface area contributed by atoms with Crippen molar-refractivity contribution in [1.29, 1.82) is 0 Å². The molecule has 0 fully saturated rings.